The fourth-order valence-electron chi connectivity index (χ4n) is 1.55. The number of carbonyl (C=O) groups is 1. The molecular weight excluding hydrogens is 252 g/mol. The number of anilines is 1. The molecule has 0 saturated carbocycles. The molecule has 110 valence electrons. The Balaban J connectivity index is 2.32. The lowest BCUT2D eigenvalue weighted by Gasteiger charge is -2.19. The van der Waals surface area contributed by atoms with Gasteiger partial charge < -0.3 is 15.8 Å². The number of nitrogen functional groups attached to an aromatic ring is 1. The van der Waals surface area contributed by atoms with E-state index in [9.17, 15) is 4.79 Å². The van der Waals surface area contributed by atoms with Crippen molar-refractivity contribution in [3.63, 3.8) is 0 Å². The summed E-state index contributed by atoms with van der Waals surface area (Å²) < 4.78 is 5.14. The molecule has 0 radical (unpaired) electrons. The molecule has 0 aliphatic rings. The Morgan fingerprint density at radius 3 is 2.70 bits per heavy atom. The molecule has 1 rings (SSSR count). The quantitative estimate of drug-likeness (QED) is 0.653. The first-order valence-corrected chi connectivity index (χ1v) is 6.77. The number of benzene rings is 1. The SMILES string of the molecule is Cc1ccc(C=CCCNC(=O)OC(C)(C)C)cc1N. The molecule has 1 amide bonds. The van der Waals surface area contributed by atoms with Gasteiger partial charge in [-0.15, -0.1) is 0 Å². The van der Waals surface area contributed by atoms with E-state index in [1.807, 2.05) is 58.0 Å². The van der Waals surface area contributed by atoms with Gasteiger partial charge in [-0.1, -0.05) is 24.3 Å². The van der Waals surface area contributed by atoms with Crippen LogP contribution in [0.25, 0.3) is 6.08 Å². The van der Waals surface area contributed by atoms with Crippen LogP contribution in [-0.2, 0) is 4.74 Å². The predicted octanol–water partition coefficient (Wildman–Crippen LogP) is 3.51. The van der Waals surface area contributed by atoms with E-state index < -0.39 is 5.60 Å². The maximum absolute atomic E-state index is 11.4. The van der Waals surface area contributed by atoms with Crippen molar-refractivity contribution in [3.05, 3.63) is 35.4 Å². The Morgan fingerprint density at radius 1 is 1.40 bits per heavy atom. The molecule has 0 aromatic heterocycles. The Kier molecular flexibility index (Phi) is 5.62. The number of nitrogens with one attached hydrogen (secondary N) is 1. The molecule has 0 aliphatic heterocycles. The van der Waals surface area contributed by atoms with Gasteiger partial charge in [0.15, 0.2) is 0 Å². The van der Waals surface area contributed by atoms with Crippen LogP contribution < -0.4 is 11.1 Å². The second-order valence-electron chi connectivity index (χ2n) is 5.74. The normalized spacial score (nSPS) is 11.6. The number of alkyl carbamates (subject to hydrolysis) is 1. The second kappa shape index (κ2) is 6.98. The third-order valence-electron chi connectivity index (χ3n) is 2.59. The van der Waals surface area contributed by atoms with Crippen LogP contribution in [0, 0.1) is 6.92 Å². The zero-order valence-corrected chi connectivity index (χ0v) is 12.7. The van der Waals surface area contributed by atoms with Gasteiger partial charge in [0.05, 0.1) is 0 Å². The monoisotopic (exact) mass is 276 g/mol. The van der Waals surface area contributed by atoms with Crippen molar-refractivity contribution in [2.45, 2.75) is 39.7 Å². The lowest BCUT2D eigenvalue weighted by atomic mass is 10.1. The van der Waals surface area contributed by atoms with Gasteiger partial charge in [0.2, 0.25) is 0 Å². The van der Waals surface area contributed by atoms with Crippen molar-refractivity contribution in [2.75, 3.05) is 12.3 Å². The minimum absolute atomic E-state index is 0.384. The fraction of sp³-hybridized carbons (Fsp3) is 0.438. The minimum Gasteiger partial charge on any atom is -0.444 e. The van der Waals surface area contributed by atoms with Crippen LogP contribution in [-0.4, -0.2) is 18.2 Å². The summed E-state index contributed by atoms with van der Waals surface area (Å²) in [6.07, 6.45) is 4.35. The lowest BCUT2D eigenvalue weighted by molar-refractivity contribution is 0.0529. The summed E-state index contributed by atoms with van der Waals surface area (Å²) in [5.74, 6) is 0. The van der Waals surface area contributed by atoms with E-state index in [1.54, 1.807) is 0 Å². The summed E-state index contributed by atoms with van der Waals surface area (Å²) in [5, 5.41) is 2.71. The van der Waals surface area contributed by atoms with E-state index in [-0.39, 0.29) is 6.09 Å². The Bertz CT molecular complexity index is 488. The molecule has 0 saturated heterocycles. The lowest BCUT2D eigenvalue weighted by Crippen LogP contribution is -2.32. The van der Waals surface area contributed by atoms with E-state index in [1.165, 1.54) is 0 Å². The molecule has 0 spiro atoms. The van der Waals surface area contributed by atoms with Crippen molar-refractivity contribution in [1.82, 2.24) is 5.32 Å². The van der Waals surface area contributed by atoms with Crippen molar-refractivity contribution >= 4 is 17.9 Å². The standard InChI is InChI=1S/C16H24N2O2/c1-12-8-9-13(11-14(12)17)7-5-6-10-18-15(19)20-16(2,3)4/h5,7-9,11H,6,10,17H2,1-4H3,(H,18,19). The Hall–Kier alpha value is -1.97. The highest BCUT2D eigenvalue weighted by Gasteiger charge is 2.15. The van der Waals surface area contributed by atoms with Gasteiger partial charge in [-0.25, -0.2) is 4.79 Å². The number of aryl methyl sites for hydroxylation is 1. The number of amides is 1. The van der Waals surface area contributed by atoms with Crippen LogP contribution >= 0.6 is 0 Å². The highest BCUT2D eigenvalue weighted by atomic mass is 16.6. The average molecular weight is 276 g/mol. The smallest absolute Gasteiger partial charge is 0.407 e. The summed E-state index contributed by atoms with van der Waals surface area (Å²) in [7, 11) is 0. The van der Waals surface area contributed by atoms with Gasteiger partial charge in [0.25, 0.3) is 0 Å². The molecule has 0 bridgehead atoms. The topological polar surface area (TPSA) is 64.3 Å². The highest BCUT2D eigenvalue weighted by molar-refractivity contribution is 5.67. The largest absolute Gasteiger partial charge is 0.444 e. The molecule has 1 aromatic rings. The maximum atomic E-state index is 11.4. The number of nitrogens with two attached hydrogens (primary N) is 1. The molecule has 0 aliphatic carbocycles. The summed E-state index contributed by atoms with van der Waals surface area (Å²) in [6, 6.07) is 5.95. The summed E-state index contributed by atoms with van der Waals surface area (Å²) in [5.41, 5.74) is 8.31. The molecule has 0 fully saturated rings. The van der Waals surface area contributed by atoms with Gasteiger partial charge in [-0.05, 0) is 51.3 Å². The first-order chi connectivity index (χ1) is 9.28. The van der Waals surface area contributed by atoms with Crippen LogP contribution in [0.5, 0.6) is 0 Å². The van der Waals surface area contributed by atoms with Crippen molar-refractivity contribution < 1.29 is 9.53 Å². The van der Waals surface area contributed by atoms with E-state index >= 15 is 0 Å². The van der Waals surface area contributed by atoms with E-state index in [4.69, 9.17) is 10.5 Å². The first kappa shape index (κ1) is 16.1. The second-order valence-corrected chi connectivity index (χ2v) is 5.74. The first-order valence-electron chi connectivity index (χ1n) is 6.77. The maximum Gasteiger partial charge on any atom is 0.407 e. The molecule has 0 atom stereocenters. The average Bonchev–Trinajstić information content (AvgIpc) is 2.31. The summed E-state index contributed by atoms with van der Waals surface area (Å²) >= 11 is 0. The van der Waals surface area contributed by atoms with Gasteiger partial charge in [-0.2, -0.15) is 0 Å². The highest BCUT2D eigenvalue weighted by Crippen LogP contribution is 2.14. The number of carbonyl (C=O) groups excluding carboxylic acids is 1. The van der Waals surface area contributed by atoms with Crippen molar-refractivity contribution in [1.29, 1.82) is 0 Å². The van der Waals surface area contributed by atoms with Gasteiger partial charge in [-0.3, -0.25) is 0 Å². The third kappa shape index (κ3) is 6.27. The van der Waals surface area contributed by atoms with Crippen LogP contribution in [0.2, 0.25) is 0 Å². The zero-order chi connectivity index (χ0) is 15.2. The van der Waals surface area contributed by atoms with Crippen molar-refractivity contribution in [2.24, 2.45) is 0 Å². The summed E-state index contributed by atoms with van der Waals surface area (Å²) in [6.45, 7) is 8.05. The fourth-order valence-corrected chi connectivity index (χ4v) is 1.55. The Morgan fingerprint density at radius 2 is 2.10 bits per heavy atom. The van der Waals surface area contributed by atoms with E-state index in [0.717, 1.165) is 23.2 Å². The van der Waals surface area contributed by atoms with Crippen LogP contribution in [0.4, 0.5) is 10.5 Å². The summed E-state index contributed by atoms with van der Waals surface area (Å²) in [4.78, 5) is 11.4. The van der Waals surface area contributed by atoms with E-state index in [2.05, 4.69) is 5.32 Å². The van der Waals surface area contributed by atoms with E-state index in [0.29, 0.717) is 6.54 Å². The molecule has 3 N–H and O–H groups in total. The molecule has 1 aromatic carbocycles. The van der Waals surface area contributed by atoms with Gasteiger partial charge in [0, 0.05) is 12.2 Å². The van der Waals surface area contributed by atoms with Gasteiger partial charge in [0.1, 0.15) is 5.60 Å². The Labute approximate surface area is 121 Å². The number of hydrogen-bond donors (Lipinski definition) is 2. The van der Waals surface area contributed by atoms with Gasteiger partial charge >= 0.3 is 6.09 Å². The number of rotatable bonds is 4. The molecule has 0 unspecified atom stereocenters. The number of ether oxygens (including phenoxy) is 1. The molecule has 0 heterocycles. The van der Waals surface area contributed by atoms with Crippen LogP contribution in [0.1, 0.15) is 38.3 Å². The van der Waals surface area contributed by atoms with Crippen molar-refractivity contribution in [3.8, 4) is 0 Å². The zero-order valence-electron chi connectivity index (χ0n) is 12.7. The predicted molar refractivity (Wildman–Crippen MR) is 83.5 cm³/mol. The van der Waals surface area contributed by atoms with Crippen LogP contribution in [0.15, 0.2) is 24.3 Å². The third-order valence-corrected chi connectivity index (χ3v) is 2.59. The molecule has 4 nitrogen and oxygen atoms in total. The minimum atomic E-state index is -0.459. The van der Waals surface area contributed by atoms with Crippen LogP contribution in [0.3, 0.4) is 0 Å². The molecule has 20 heavy (non-hydrogen) atoms. The molecule has 4 heteroatoms. The number of hydrogen-bond acceptors (Lipinski definition) is 3. The molecular formula is C16H24N2O2.